The van der Waals surface area contributed by atoms with Crippen molar-refractivity contribution >= 4 is 23.5 Å². The van der Waals surface area contributed by atoms with Crippen molar-refractivity contribution in [1.82, 2.24) is 20.9 Å². The topological polar surface area (TPSA) is 123 Å². The number of carbonyl (C=O) groups is 3. The average molecular weight is 516 g/mol. The number of halogens is 3. The van der Waals surface area contributed by atoms with Gasteiger partial charge in [-0.1, -0.05) is 27.2 Å². The number of amides is 4. The second-order valence-electron chi connectivity index (χ2n) is 9.29. The SMILES string of the molecule is CCCC(O)C(CNCC(C)C)NC(=O)CNC(=O)c1cc(C(F)(F)F)ccc1NC(=O)N1CCC1. The van der Waals surface area contributed by atoms with E-state index in [-0.39, 0.29) is 5.69 Å². The molecule has 9 nitrogen and oxygen atoms in total. The van der Waals surface area contributed by atoms with Gasteiger partial charge in [-0.3, -0.25) is 9.59 Å². The normalized spacial score (nSPS) is 15.2. The van der Waals surface area contributed by atoms with Crippen LogP contribution in [0.1, 0.15) is 56.0 Å². The Morgan fingerprint density at radius 2 is 1.83 bits per heavy atom. The highest BCUT2D eigenvalue weighted by Gasteiger charge is 2.32. The number of likely N-dealkylation sites (tertiary alicyclic amines) is 1. The van der Waals surface area contributed by atoms with Crippen LogP contribution in [0.5, 0.6) is 0 Å². The van der Waals surface area contributed by atoms with Gasteiger partial charge in [0.15, 0.2) is 0 Å². The Kier molecular flexibility index (Phi) is 11.0. The summed E-state index contributed by atoms with van der Waals surface area (Å²) in [4.78, 5) is 39.0. The second-order valence-corrected chi connectivity index (χ2v) is 9.29. The summed E-state index contributed by atoms with van der Waals surface area (Å²) in [6.07, 6.45) is -3.51. The van der Waals surface area contributed by atoms with Gasteiger partial charge in [-0.05, 0) is 43.5 Å². The molecule has 2 atom stereocenters. The van der Waals surface area contributed by atoms with Gasteiger partial charge in [-0.15, -0.1) is 0 Å². The first kappa shape index (κ1) is 29.4. The van der Waals surface area contributed by atoms with E-state index in [1.165, 1.54) is 4.90 Å². The van der Waals surface area contributed by atoms with E-state index in [2.05, 4.69) is 21.3 Å². The summed E-state index contributed by atoms with van der Waals surface area (Å²) >= 11 is 0. The minimum atomic E-state index is -4.70. The molecule has 0 radical (unpaired) electrons. The van der Waals surface area contributed by atoms with Crippen molar-refractivity contribution in [3.8, 4) is 0 Å². The van der Waals surface area contributed by atoms with Gasteiger partial charge in [0, 0.05) is 19.6 Å². The molecule has 1 aromatic carbocycles. The van der Waals surface area contributed by atoms with Gasteiger partial charge >= 0.3 is 12.2 Å². The molecule has 1 heterocycles. The van der Waals surface area contributed by atoms with E-state index in [9.17, 15) is 32.7 Å². The van der Waals surface area contributed by atoms with Crippen LogP contribution in [0.25, 0.3) is 0 Å². The van der Waals surface area contributed by atoms with Gasteiger partial charge in [-0.25, -0.2) is 4.79 Å². The number of hydrogen-bond acceptors (Lipinski definition) is 5. The number of rotatable bonds is 12. The Morgan fingerprint density at radius 3 is 2.39 bits per heavy atom. The quantitative estimate of drug-likeness (QED) is 0.293. The molecule has 2 unspecified atom stereocenters. The first-order valence-corrected chi connectivity index (χ1v) is 12.2. The molecule has 0 saturated carbocycles. The lowest BCUT2D eigenvalue weighted by Crippen LogP contribution is -2.52. The fraction of sp³-hybridized carbons (Fsp3) is 0.625. The summed E-state index contributed by atoms with van der Waals surface area (Å²) in [5, 5.41) is 21.0. The fourth-order valence-electron chi connectivity index (χ4n) is 3.55. The summed E-state index contributed by atoms with van der Waals surface area (Å²) in [5.41, 5.74) is -1.56. The number of nitrogens with one attached hydrogen (secondary N) is 4. The number of benzene rings is 1. The van der Waals surface area contributed by atoms with Gasteiger partial charge in [-0.2, -0.15) is 13.2 Å². The van der Waals surface area contributed by atoms with Crippen LogP contribution in [0, 0.1) is 5.92 Å². The van der Waals surface area contributed by atoms with Crippen LogP contribution in [-0.2, 0) is 11.0 Å². The number of carbonyl (C=O) groups excluding carboxylic acids is 3. The van der Waals surface area contributed by atoms with E-state index >= 15 is 0 Å². The van der Waals surface area contributed by atoms with Crippen LogP contribution < -0.4 is 21.3 Å². The van der Waals surface area contributed by atoms with Crippen molar-refractivity contribution in [1.29, 1.82) is 0 Å². The minimum absolute atomic E-state index is 0.0908. The highest BCUT2D eigenvalue weighted by atomic mass is 19.4. The molecule has 0 aromatic heterocycles. The van der Waals surface area contributed by atoms with Crippen LogP contribution in [0.15, 0.2) is 18.2 Å². The maximum Gasteiger partial charge on any atom is 0.416 e. The Hall–Kier alpha value is -2.86. The Morgan fingerprint density at radius 1 is 1.14 bits per heavy atom. The molecule has 1 fully saturated rings. The fourth-order valence-corrected chi connectivity index (χ4v) is 3.55. The highest BCUT2D eigenvalue weighted by molar-refractivity contribution is 6.04. The number of urea groups is 1. The summed E-state index contributed by atoms with van der Waals surface area (Å²) in [5.74, 6) is -1.18. The predicted octanol–water partition coefficient (Wildman–Crippen LogP) is 2.56. The van der Waals surface area contributed by atoms with E-state index in [4.69, 9.17) is 0 Å². The maximum atomic E-state index is 13.2. The molecular weight excluding hydrogens is 479 g/mol. The monoisotopic (exact) mass is 515 g/mol. The average Bonchev–Trinajstić information content (AvgIpc) is 2.75. The molecule has 202 valence electrons. The largest absolute Gasteiger partial charge is 0.416 e. The molecule has 1 aliphatic heterocycles. The number of anilines is 1. The van der Waals surface area contributed by atoms with Crippen molar-refractivity contribution in [3.05, 3.63) is 29.3 Å². The van der Waals surface area contributed by atoms with E-state index < -0.39 is 53.8 Å². The third-order valence-corrected chi connectivity index (χ3v) is 5.70. The number of nitrogens with zero attached hydrogens (tertiary/aromatic N) is 1. The van der Waals surface area contributed by atoms with Crippen molar-refractivity contribution in [2.45, 2.75) is 58.4 Å². The van der Waals surface area contributed by atoms with Gasteiger partial charge in [0.1, 0.15) is 0 Å². The lowest BCUT2D eigenvalue weighted by atomic mass is 10.1. The number of alkyl halides is 3. The second kappa shape index (κ2) is 13.4. The molecule has 5 N–H and O–H groups in total. The van der Waals surface area contributed by atoms with Crippen molar-refractivity contribution in [2.75, 3.05) is 38.0 Å². The molecule has 12 heteroatoms. The molecule has 36 heavy (non-hydrogen) atoms. The van der Waals surface area contributed by atoms with Crippen LogP contribution in [0.3, 0.4) is 0 Å². The first-order valence-electron chi connectivity index (χ1n) is 12.2. The lowest BCUT2D eigenvalue weighted by molar-refractivity contribution is -0.137. The van der Waals surface area contributed by atoms with Gasteiger partial charge in [0.05, 0.1) is 35.5 Å². The molecule has 0 bridgehead atoms. The zero-order chi connectivity index (χ0) is 26.9. The Bertz CT molecular complexity index is 906. The van der Waals surface area contributed by atoms with Crippen LogP contribution >= 0.6 is 0 Å². The smallest absolute Gasteiger partial charge is 0.391 e. The molecule has 4 amide bonds. The first-order chi connectivity index (χ1) is 16.9. The Labute approximate surface area is 209 Å². The summed E-state index contributed by atoms with van der Waals surface area (Å²) in [7, 11) is 0. The third kappa shape index (κ3) is 8.98. The van der Waals surface area contributed by atoms with Gasteiger partial charge in [0.25, 0.3) is 5.91 Å². The molecule has 1 aromatic rings. The molecular formula is C24H36F3N5O4. The van der Waals surface area contributed by atoms with Crippen molar-refractivity contribution in [3.63, 3.8) is 0 Å². The van der Waals surface area contributed by atoms with Crippen molar-refractivity contribution < 1.29 is 32.7 Å². The number of aliphatic hydroxyl groups excluding tert-OH is 1. The highest BCUT2D eigenvalue weighted by Crippen LogP contribution is 2.32. The summed E-state index contributed by atoms with van der Waals surface area (Å²) < 4.78 is 39.7. The zero-order valence-electron chi connectivity index (χ0n) is 20.9. The third-order valence-electron chi connectivity index (χ3n) is 5.70. The van der Waals surface area contributed by atoms with Gasteiger partial charge in [0.2, 0.25) is 5.91 Å². The van der Waals surface area contributed by atoms with Crippen LogP contribution in [-0.4, -0.2) is 72.7 Å². The van der Waals surface area contributed by atoms with E-state index in [0.717, 1.165) is 18.6 Å². The molecule has 1 aliphatic rings. The molecule has 0 spiro atoms. The lowest BCUT2D eigenvalue weighted by Gasteiger charge is -2.31. The molecule has 2 rings (SSSR count). The maximum absolute atomic E-state index is 13.2. The number of aliphatic hydroxyl groups is 1. The summed E-state index contributed by atoms with van der Waals surface area (Å²) in [6, 6.07) is 1.32. The number of hydrogen-bond donors (Lipinski definition) is 5. The Balaban J connectivity index is 2.07. The predicted molar refractivity (Wildman–Crippen MR) is 130 cm³/mol. The zero-order valence-corrected chi connectivity index (χ0v) is 20.9. The van der Waals surface area contributed by atoms with Gasteiger partial charge < -0.3 is 31.3 Å². The van der Waals surface area contributed by atoms with E-state index in [1.54, 1.807) is 0 Å². The van der Waals surface area contributed by atoms with Crippen LogP contribution in [0.2, 0.25) is 0 Å². The molecule has 0 aliphatic carbocycles. The van der Waals surface area contributed by atoms with Crippen LogP contribution in [0.4, 0.5) is 23.7 Å². The summed E-state index contributed by atoms with van der Waals surface area (Å²) in [6.45, 7) is 7.46. The van der Waals surface area contributed by atoms with E-state index in [1.807, 2.05) is 20.8 Å². The minimum Gasteiger partial charge on any atom is -0.391 e. The molecule has 1 saturated heterocycles. The van der Waals surface area contributed by atoms with Crippen molar-refractivity contribution in [2.24, 2.45) is 5.92 Å². The standard InChI is InChI=1S/C24H36F3N5O4/c1-4-6-20(33)19(13-28-12-15(2)3)30-21(34)14-29-22(35)17-11-16(24(25,26)27)7-8-18(17)31-23(36)32-9-5-10-32/h7-8,11,15,19-20,28,33H,4-6,9-10,12-14H2,1-3H3,(H,29,35)(H,30,34)(H,31,36). The van der Waals surface area contributed by atoms with E-state index in [0.29, 0.717) is 51.0 Å².